The Morgan fingerprint density at radius 3 is 2.14 bits per heavy atom. The van der Waals surface area contributed by atoms with E-state index < -0.39 is 11.8 Å². The lowest BCUT2D eigenvalue weighted by molar-refractivity contribution is -0.120. The molecule has 3 amide bonds. The van der Waals surface area contributed by atoms with Crippen molar-refractivity contribution in [1.29, 1.82) is 0 Å². The molecule has 1 fully saturated rings. The molecule has 3 aromatic rings. The van der Waals surface area contributed by atoms with Crippen molar-refractivity contribution in [2.24, 2.45) is 0 Å². The summed E-state index contributed by atoms with van der Waals surface area (Å²) in [6.45, 7) is 0. The predicted octanol–water partition coefficient (Wildman–Crippen LogP) is 5.59. The molecule has 36 heavy (non-hydrogen) atoms. The number of imide groups is 1. The van der Waals surface area contributed by atoms with E-state index in [-0.39, 0.29) is 22.7 Å². The van der Waals surface area contributed by atoms with Gasteiger partial charge in [0, 0.05) is 17.3 Å². The molecule has 0 saturated heterocycles. The molecular weight excluding hydrogens is 478 g/mol. The van der Waals surface area contributed by atoms with Crippen LogP contribution in [0.5, 0.6) is 11.5 Å². The van der Waals surface area contributed by atoms with Gasteiger partial charge in [-0.3, -0.25) is 14.4 Å². The molecule has 2 aliphatic rings. The van der Waals surface area contributed by atoms with Gasteiger partial charge in [-0.25, -0.2) is 4.90 Å². The lowest BCUT2D eigenvalue weighted by Gasteiger charge is -2.16. The van der Waals surface area contributed by atoms with Gasteiger partial charge in [0.1, 0.15) is 22.2 Å². The SMILES string of the molecule is O=C(NC1CCCC1)c1ccc(NC2=C(Cl)C(=O)N(c3ccc(Oc4ccccc4)cc3)C2=O)cc1. The van der Waals surface area contributed by atoms with Gasteiger partial charge in [-0.15, -0.1) is 0 Å². The summed E-state index contributed by atoms with van der Waals surface area (Å²) in [4.78, 5) is 39.3. The van der Waals surface area contributed by atoms with Crippen LogP contribution in [-0.4, -0.2) is 23.8 Å². The van der Waals surface area contributed by atoms with E-state index in [9.17, 15) is 14.4 Å². The minimum absolute atomic E-state index is 0.0190. The molecule has 0 atom stereocenters. The Hall–Kier alpha value is -4.10. The van der Waals surface area contributed by atoms with E-state index in [0.29, 0.717) is 28.4 Å². The zero-order chi connectivity index (χ0) is 25.1. The average Bonchev–Trinajstić information content (AvgIpc) is 3.48. The van der Waals surface area contributed by atoms with E-state index in [1.807, 2.05) is 30.3 Å². The van der Waals surface area contributed by atoms with Crippen LogP contribution in [-0.2, 0) is 9.59 Å². The lowest BCUT2D eigenvalue weighted by Crippen LogP contribution is -2.32. The Morgan fingerprint density at radius 1 is 0.833 bits per heavy atom. The molecule has 2 N–H and O–H groups in total. The number of nitrogens with one attached hydrogen (secondary N) is 2. The number of para-hydroxylation sites is 1. The fourth-order valence-corrected chi connectivity index (χ4v) is 4.53. The highest BCUT2D eigenvalue weighted by Gasteiger charge is 2.39. The Morgan fingerprint density at radius 2 is 1.47 bits per heavy atom. The van der Waals surface area contributed by atoms with E-state index in [4.69, 9.17) is 16.3 Å². The summed E-state index contributed by atoms with van der Waals surface area (Å²) in [5.41, 5.74) is 1.42. The van der Waals surface area contributed by atoms with Crippen molar-refractivity contribution in [3.63, 3.8) is 0 Å². The molecule has 7 nitrogen and oxygen atoms in total. The van der Waals surface area contributed by atoms with Crippen LogP contribution in [0.4, 0.5) is 11.4 Å². The van der Waals surface area contributed by atoms with Gasteiger partial charge in [-0.2, -0.15) is 0 Å². The number of halogens is 1. The Balaban J connectivity index is 1.25. The number of carbonyl (C=O) groups excluding carboxylic acids is 3. The van der Waals surface area contributed by atoms with Gasteiger partial charge in [0.15, 0.2) is 0 Å². The Kier molecular flexibility index (Phi) is 6.73. The van der Waals surface area contributed by atoms with Gasteiger partial charge in [0.25, 0.3) is 17.7 Å². The van der Waals surface area contributed by atoms with Crippen molar-refractivity contribution in [2.45, 2.75) is 31.7 Å². The van der Waals surface area contributed by atoms with Gasteiger partial charge in [-0.05, 0) is 73.5 Å². The lowest BCUT2D eigenvalue weighted by atomic mass is 10.1. The molecule has 1 aliphatic carbocycles. The summed E-state index contributed by atoms with van der Waals surface area (Å²) >= 11 is 6.25. The number of hydrogen-bond donors (Lipinski definition) is 2. The summed E-state index contributed by atoms with van der Waals surface area (Å²) in [5.74, 6) is -0.0581. The largest absolute Gasteiger partial charge is 0.457 e. The molecule has 1 saturated carbocycles. The first-order valence-electron chi connectivity index (χ1n) is 11.8. The number of amides is 3. The third-order valence-electron chi connectivity index (χ3n) is 6.21. The zero-order valence-electron chi connectivity index (χ0n) is 19.4. The minimum atomic E-state index is -0.617. The average molecular weight is 502 g/mol. The number of benzene rings is 3. The number of rotatable bonds is 7. The Labute approximate surface area is 213 Å². The normalized spacial score (nSPS) is 16.0. The summed E-state index contributed by atoms with van der Waals surface area (Å²) in [7, 11) is 0. The van der Waals surface area contributed by atoms with Gasteiger partial charge in [0.05, 0.1) is 5.69 Å². The number of carbonyl (C=O) groups is 3. The molecule has 182 valence electrons. The summed E-state index contributed by atoms with van der Waals surface area (Å²) < 4.78 is 5.77. The highest BCUT2D eigenvalue weighted by Crippen LogP contribution is 2.32. The quantitative estimate of drug-likeness (QED) is 0.412. The van der Waals surface area contributed by atoms with Crippen LogP contribution < -0.4 is 20.3 Å². The van der Waals surface area contributed by atoms with E-state index in [1.165, 1.54) is 0 Å². The number of hydrogen-bond acceptors (Lipinski definition) is 5. The van der Waals surface area contributed by atoms with Gasteiger partial charge in [-0.1, -0.05) is 42.6 Å². The van der Waals surface area contributed by atoms with Crippen LogP contribution in [0.25, 0.3) is 0 Å². The molecular formula is C28H24ClN3O4. The topological polar surface area (TPSA) is 87.7 Å². The van der Waals surface area contributed by atoms with Crippen LogP contribution in [0.1, 0.15) is 36.0 Å². The third kappa shape index (κ3) is 4.97. The molecule has 8 heteroatoms. The molecule has 0 unspecified atom stereocenters. The highest BCUT2D eigenvalue weighted by atomic mass is 35.5. The van der Waals surface area contributed by atoms with Crippen molar-refractivity contribution in [2.75, 3.05) is 10.2 Å². The first-order chi connectivity index (χ1) is 17.5. The maximum absolute atomic E-state index is 13.1. The molecule has 1 aliphatic heterocycles. The zero-order valence-corrected chi connectivity index (χ0v) is 20.1. The van der Waals surface area contributed by atoms with Crippen molar-refractivity contribution in [3.05, 3.63) is 95.2 Å². The van der Waals surface area contributed by atoms with Crippen LogP contribution in [0, 0.1) is 0 Å². The highest BCUT2D eigenvalue weighted by molar-refractivity contribution is 6.53. The van der Waals surface area contributed by atoms with Crippen LogP contribution >= 0.6 is 11.6 Å². The third-order valence-corrected chi connectivity index (χ3v) is 6.56. The van der Waals surface area contributed by atoms with Crippen molar-refractivity contribution < 1.29 is 19.1 Å². The maximum Gasteiger partial charge on any atom is 0.283 e. The first kappa shape index (κ1) is 23.6. The fourth-order valence-electron chi connectivity index (χ4n) is 4.32. The molecule has 0 radical (unpaired) electrons. The van der Waals surface area contributed by atoms with Crippen LogP contribution in [0.15, 0.2) is 89.6 Å². The molecule has 0 aromatic heterocycles. The molecule has 0 bridgehead atoms. The van der Waals surface area contributed by atoms with E-state index in [0.717, 1.165) is 30.6 Å². The second kappa shape index (κ2) is 10.3. The van der Waals surface area contributed by atoms with E-state index in [2.05, 4.69) is 10.6 Å². The summed E-state index contributed by atoms with van der Waals surface area (Å²) in [6.07, 6.45) is 4.29. The number of anilines is 2. The molecule has 3 aromatic carbocycles. The molecule has 0 spiro atoms. The monoisotopic (exact) mass is 501 g/mol. The van der Waals surface area contributed by atoms with Crippen molar-refractivity contribution in [1.82, 2.24) is 5.32 Å². The number of nitrogens with zero attached hydrogens (tertiary/aromatic N) is 1. The summed E-state index contributed by atoms with van der Waals surface area (Å²) in [6, 6.07) is 22.8. The second-order valence-corrected chi connectivity index (χ2v) is 9.08. The van der Waals surface area contributed by atoms with Crippen LogP contribution in [0.2, 0.25) is 0 Å². The smallest absolute Gasteiger partial charge is 0.283 e. The van der Waals surface area contributed by atoms with Gasteiger partial charge < -0.3 is 15.4 Å². The van der Waals surface area contributed by atoms with Crippen LogP contribution in [0.3, 0.4) is 0 Å². The van der Waals surface area contributed by atoms with E-state index >= 15 is 0 Å². The summed E-state index contributed by atoms with van der Waals surface area (Å²) in [5, 5.41) is 5.78. The van der Waals surface area contributed by atoms with Gasteiger partial charge in [0.2, 0.25) is 0 Å². The maximum atomic E-state index is 13.1. The fraction of sp³-hybridized carbons (Fsp3) is 0.179. The van der Waals surface area contributed by atoms with Gasteiger partial charge >= 0.3 is 0 Å². The second-order valence-electron chi connectivity index (χ2n) is 8.70. The predicted molar refractivity (Wildman–Crippen MR) is 138 cm³/mol. The van der Waals surface area contributed by atoms with Crippen molar-refractivity contribution >= 4 is 40.7 Å². The Bertz CT molecular complexity index is 1320. The molecule has 1 heterocycles. The van der Waals surface area contributed by atoms with E-state index in [1.54, 1.807) is 48.5 Å². The van der Waals surface area contributed by atoms with Crippen molar-refractivity contribution in [3.8, 4) is 11.5 Å². The minimum Gasteiger partial charge on any atom is -0.457 e. The number of ether oxygens (including phenoxy) is 1. The first-order valence-corrected chi connectivity index (χ1v) is 12.2. The standard InChI is InChI=1S/C28H24ClN3O4/c29-24-25(30-20-12-10-18(11-13-20)26(33)31-19-6-4-5-7-19)28(35)32(27(24)34)21-14-16-23(17-15-21)36-22-8-2-1-3-9-22/h1-3,8-17,19,30H,4-7H2,(H,31,33). The molecule has 5 rings (SSSR count).